The maximum absolute atomic E-state index is 11.8. The molecular weight excluding hydrogens is 270 g/mol. The van der Waals surface area contributed by atoms with E-state index in [1.807, 2.05) is 31.2 Å². The summed E-state index contributed by atoms with van der Waals surface area (Å²) in [7, 11) is 0. The smallest absolute Gasteiger partial charge is 0.250 e. The van der Waals surface area contributed by atoms with Crippen LogP contribution in [0.15, 0.2) is 36.7 Å². The van der Waals surface area contributed by atoms with Crippen LogP contribution in [0.4, 0.5) is 5.69 Å². The zero-order valence-electron chi connectivity index (χ0n) is 11.7. The molecule has 1 aliphatic heterocycles. The molecular formula is C14H17N5O2. The maximum Gasteiger partial charge on any atom is 0.250 e. The molecule has 0 saturated carbocycles. The Hall–Kier alpha value is -2.25. The third kappa shape index (κ3) is 3.26. The summed E-state index contributed by atoms with van der Waals surface area (Å²) in [5.41, 5.74) is 1.34. The van der Waals surface area contributed by atoms with Crippen LogP contribution in [0.2, 0.25) is 0 Å². The number of hydrogen-bond acceptors (Lipinski definition) is 5. The van der Waals surface area contributed by atoms with Crippen LogP contribution in [0.3, 0.4) is 0 Å². The molecule has 1 fully saturated rings. The summed E-state index contributed by atoms with van der Waals surface area (Å²) in [6.07, 6.45) is 3.23. The SMILES string of the molecule is CC1(OCC(=O)Nc2ccc(-n3nccn3)cc2)CNC1. The third-order valence-electron chi connectivity index (χ3n) is 3.35. The van der Waals surface area contributed by atoms with Crippen LogP contribution >= 0.6 is 0 Å². The second-order valence-corrected chi connectivity index (χ2v) is 5.26. The number of anilines is 1. The summed E-state index contributed by atoms with van der Waals surface area (Å²) in [5, 5.41) is 14.0. The van der Waals surface area contributed by atoms with Crippen molar-refractivity contribution in [2.24, 2.45) is 0 Å². The minimum absolute atomic E-state index is 0.0562. The largest absolute Gasteiger partial charge is 0.363 e. The van der Waals surface area contributed by atoms with Gasteiger partial charge in [0.15, 0.2) is 0 Å². The quantitative estimate of drug-likeness (QED) is 0.841. The van der Waals surface area contributed by atoms with Crippen LogP contribution in [0, 0.1) is 0 Å². The average molecular weight is 287 g/mol. The Morgan fingerprint density at radius 3 is 2.57 bits per heavy atom. The van der Waals surface area contributed by atoms with Gasteiger partial charge in [0.1, 0.15) is 6.61 Å². The molecule has 2 N–H and O–H groups in total. The predicted molar refractivity (Wildman–Crippen MR) is 77.2 cm³/mol. The molecule has 0 aliphatic carbocycles. The minimum atomic E-state index is -0.215. The van der Waals surface area contributed by atoms with Crippen LogP contribution in [0.5, 0.6) is 0 Å². The van der Waals surface area contributed by atoms with Crippen molar-refractivity contribution in [1.82, 2.24) is 20.3 Å². The molecule has 1 aromatic carbocycles. The highest BCUT2D eigenvalue weighted by atomic mass is 16.5. The van der Waals surface area contributed by atoms with Crippen molar-refractivity contribution in [3.63, 3.8) is 0 Å². The maximum atomic E-state index is 11.8. The summed E-state index contributed by atoms with van der Waals surface area (Å²) in [5.74, 6) is -0.159. The van der Waals surface area contributed by atoms with Gasteiger partial charge in [-0.1, -0.05) is 0 Å². The van der Waals surface area contributed by atoms with Crippen LogP contribution < -0.4 is 10.6 Å². The molecule has 0 bridgehead atoms. The van der Waals surface area contributed by atoms with Crippen molar-refractivity contribution in [1.29, 1.82) is 0 Å². The van der Waals surface area contributed by atoms with E-state index < -0.39 is 0 Å². The highest BCUT2D eigenvalue weighted by Crippen LogP contribution is 2.15. The molecule has 1 aromatic heterocycles. The van der Waals surface area contributed by atoms with Crippen LogP contribution in [-0.4, -0.2) is 46.2 Å². The molecule has 0 unspecified atom stereocenters. The molecule has 3 rings (SSSR count). The highest BCUT2D eigenvalue weighted by molar-refractivity contribution is 5.91. The normalized spacial score (nSPS) is 16.2. The number of ether oxygens (including phenoxy) is 1. The molecule has 2 aromatic rings. The number of carbonyl (C=O) groups excluding carboxylic acids is 1. The number of nitrogens with one attached hydrogen (secondary N) is 2. The van der Waals surface area contributed by atoms with Gasteiger partial charge in [-0.25, -0.2) is 0 Å². The topological polar surface area (TPSA) is 81.1 Å². The van der Waals surface area contributed by atoms with E-state index in [4.69, 9.17) is 4.74 Å². The highest BCUT2D eigenvalue weighted by Gasteiger charge is 2.32. The van der Waals surface area contributed by atoms with Gasteiger partial charge in [0.05, 0.1) is 23.7 Å². The second-order valence-electron chi connectivity index (χ2n) is 5.26. The Bertz CT molecular complexity index is 605. The Balaban J connectivity index is 1.54. The first-order valence-corrected chi connectivity index (χ1v) is 6.76. The number of rotatable bonds is 5. The molecule has 1 aliphatic rings. The van der Waals surface area contributed by atoms with Crippen molar-refractivity contribution < 1.29 is 9.53 Å². The van der Waals surface area contributed by atoms with Crippen molar-refractivity contribution >= 4 is 11.6 Å². The Morgan fingerprint density at radius 1 is 1.33 bits per heavy atom. The monoisotopic (exact) mass is 287 g/mol. The lowest BCUT2D eigenvalue weighted by Crippen LogP contribution is -2.59. The lowest BCUT2D eigenvalue weighted by Gasteiger charge is -2.38. The van der Waals surface area contributed by atoms with Crippen molar-refractivity contribution in [2.75, 3.05) is 25.0 Å². The van der Waals surface area contributed by atoms with Gasteiger partial charge in [0.25, 0.3) is 0 Å². The van der Waals surface area contributed by atoms with Gasteiger partial charge in [0, 0.05) is 18.8 Å². The van der Waals surface area contributed by atoms with Crippen molar-refractivity contribution in [2.45, 2.75) is 12.5 Å². The van der Waals surface area contributed by atoms with Crippen LogP contribution in [-0.2, 0) is 9.53 Å². The van der Waals surface area contributed by atoms with Crippen LogP contribution in [0.1, 0.15) is 6.92 Å². The molecule has 1 amide bonds. The third-order valence-corrected chi connectivity index (χ3v) is 3.35. The minimum Gasteiger partial charge on any atom is -0.363 e. The summed E-state index contributed by atoms with van der Waals surface area (Å²) in [4.78, 5) is 13.3. The Morgan fingerprint density at radius 2 is 2.00 bits per heavy atom. The summed E-state index contributed by atoms with van der Waals surface area (Å²) >= 11 is 0. The molecule has 0 spiro atoms. The zero-order chi connectivity index (χ0) is 14.7. The van der Waals surface area contributed by atoms with E-state index in [2.05, 4.69) is 20.8 Å². The first-order valence-electron chi connectivity index (χ1n) is 6.76. The average Bonchev–Trinajstić information content (AvgIpc) is 2.98. The van der Waals surface area contributed by atoms with Crippen molar-refractivity contribution in [3.8, 4) is 5.69 Å². The van der Waals surface area contributed by atoms with Gasteiger partial charge in [-0.15, -0.1) is 0 Å². The molecule has 0 radical (unpaired) electrons. The Labute approximate surface area is 122 Å². The van der Waals surface area contributed by atoms with Gasteiger partial charge >= 0.3 is 0 Å². The number of amides is 1. The number of aromatic nitrogens is 3. The van der Waals surface area contributed by atoms with Crippen molar-refractivity contribution in [3.05, 3.63) is 36.7 Å². The Kier molecular flexibility index (Phi) is 3.68. The van der Waals surface area contributed by atoms with Gasteiger partial charge in [0.2, 0.25) is 5.91 Å². The molecule has 7 heteroatoms. The number of hydrogen-bond donors (Lipinski definition) is 2. The van der Waals surface area contributed by atoms with Gasteiger partial charge in [-0.3, -0.25) is 4.79 Å². The van der Waals surface area contributed by atoms with E-state index in [1.165, 1.54) is 4.80 Å². The lowest BCUT2D eigenvalue weighted by atomic mass is 10.0. The predicted octanol–water partition coefficient (Wildman–Crippen LogP) is 0.584. The fourth-order valence-corrected chi connectivity index (χ4v) is 2.04. The van der Waals surface area contributed by atoms with Crippen LogP contribution in [0.25, 0.3) is 5.69 Å². The molecule has 21 heavy (non-hydrogen) atoms. The van der Waals surface area contributed by atoms with E-state index in [9.17, 15) is 4.79 Å². The van der Waals surface area contributed by atoms with Gasteiger partial charge in [-0.2, -0.15) is 15.0 Å². The standard InChI is InChI=1S/C14H17N5O2/c1-14(9-15-10-14)21-8-13(20)18-11-2-4-12(5-3-11)19-16-6-7-17-19/h2-7,15H,8-10H2,1H3,(H,18,20). The molecule has 0 atom stereocenters. The van der Waals surface area contributed by atoms with E-state index in [1.54, 1.807) is 12.4 Å². The molecule has 2 heterocycles. The lowest BCUT2D eigenvalue weighted by molar-refractivity contribution is -0.130. The van der Waals surface area contributed by atoms with Gasteiger partial charge in [-0.05, 0) is 31.2 Å². The number of benzene rings is 1. The summed E-state index contributed by atoms with van der Waals surface area (Å²) < 4.78 is 5.58. The molecule has 1 saturated heterocycles. The van der Waals surface area contributed by atoms with E-state index in [0.29, 0.717) is 0 Å². The summed E-state index contributed by atoms with van der Waals surface area (Å²) in [6, 6.07) is 7.30. The first-order chi connectivity index (χ1) is 10.1. The first kappa shape index (κ1) is 13.7. The van der Waals surface area contributed by atoms with Gasteiger partial charge < -0.3 is 15.4 Å². The number of nitrogens with zero attached hydrogens (tertiary/aromatic N) is 3. The van der Waals surface area contributed by atoms with E-state index >= 15 is 0 Å². The molecule has 7 nitrogen and oxygen atoms in total. The number of carbonyl (C=O) groups is 1. The fourth-order valence-electron chi connectivity index (χ4n) is 2.04. The second kappa shape index (κ2) is 5.63. The summed E-state index contributed by atoms with van der Waals surface area (Å²) in [6.45, 7) is 3.61. The fraction of sp³-hybridized carbons (Fsp3) is 0.357. The zero-order valence-corrected chi connectivity index (χ0v) is 11.7. The van der Waals surface area contributed by atoms with E-state index in [-0.39, 0.29) is 18.1 Å². The van der Waals surface area contributed by atoms with E-state index in [0.717, 1.165) is 24.5 Å². The molecule has 110 valence electrons.